The fourth-order valence-electron chi connectivity index (χ4n) is 3.08. The molecule has 1 atom stereocenters. The third-order valence-electron chi connectivity index (χ3n) is 4.81. The maximum absolute atomic E-state index is 5.34. The van der Waals surface area contributed by atoms with Gasteiger partial charge in [-0.15, -0.1) is 11.3 Å². The first-order valence-electron chi connectivity index (χ1n) is 9.48. The minimum Gasteiger partial charge on any atom is -0.375 e. The third-order valence-corrected chi connectivity index (χ3v) is 5.87. The summed E-state index contributed by atoms with van der Waals surface area (Å²) in [5, 5.41) is 6.52. The second-order valence-corrected chi connectivity index (χ2v) is 7.74. The number of aromatic nitrogens is 1. The largest absolute Gasteiger partial charge is 0.375 e. The zero-order valence-electron chi connectivity index (χ0n) is 17.1. The molecule has 0 fully saturated rings. The SMILES string of the molecule is CN=C(NCc1ccc(N2CC=CC2)cc1)N(C)Cc1csc(C(C)OC)n1. The van der Waals surface area contributed by atoms with Gasteiger partial charge in [0.25, 0.3) is 0 Å². The van der Waals surface area contributed by atoms with Gasteiger partial charge in [0.2, 0.25) is 0 Å². The van der Waals surface area contributed by atoms with Gasteiger partial charge in [0.1, 0.15) is 11.1 Å². The Labute approximate surface area is 171 Å². The summed E-state index contributed by atoms with van der Waals surface area (Å²) in [6, 6.07) is 8.72. The van der Waals surface area contributed by atoms with Crippen molar-refractivity contribution < 1.29 is 4.74 Å². The molecule has 0 spiro atoms. The Balaban J connectivity index is 1.52. The second kappa shape index (κ2) is 9.71. The van der Waals surface area contributed by atoms with E-state index in [1.807, 2.05) is 21.0 Å². The van der Waals surface area contributed by atoms with Crippen LogP contribution in [0.25, 0.3) is 0 Å². The highest BCUT2D eigenvalue weighted by Crippen LogP contribution is 2.21. The number of hydrogen-bond acceptors (Lipinski definition) is 5. The molecule has 3 rings (SSSR count). The number of hydrogen-bond donors (Lipinski definition) is 1. The lowest BCUT2D eigenvalue weighted by Gasteiger charge is -2.22. The van der Waals surface area contributed by atoms with Crippen LogP contribution in [0.15, 0.2) is 46.8 Å². The molecule has 1 N–H and O–H groups in total. The molecule has 0 saturated carbocycles. The molecule has 1 unspecified atom stereocenters. The molecule has 0 radical (unpaired) electrons. The Kier molecular flexibility index (Phi) is 7.06. The summed E-state index contributed by atoms with van der Waals surface area (Å²) in [7, 11) is 5.54. The molecule has 1 aliphatic rings. The number of nitrogens with zero attached hydrogens (tertiary/aromatic N) is 4. The zero-order chi connectivity index (χ0) is 19.9. The number of thiazole rings is 1. The number of anilines is 1. The third kappa shape index (κ3) is 5.11. The summed E-state index contributed by atoms with van der Waals surface area (Å²) in [5.41, 5.74) is 3.52. The van der Waals surface area contributed by atoms with E-state index >= 15 is 0 Å². The molecular weight excluding hydrogens is 370 g/mol. The highest BCUT2D eigenvalue weighted by atomic mass is 32.1. The van der Waals surface area contributed by atoms with E-state index in [-0.39, 0.29) is 6.10 Å². The zero-order valence-corrected chi connectivity index (χ0v) is 17.9. The Hall–Kier alpha value is -2.38. The van der Waals surface area contributed by atoms with Crippen LogP contribution in [0.1, 0.15) is 29.3 Å². The van der Waals surface area contributed by atoms with E-state index in [1.165, 1.54) is 11.3 Å². The van der Waals surface area contributed by atoms with Crippen LogP contribution in [0.3, 0.4) is 0 Å². The monoisotopic (exact) mass is 399 g/mol. The molecule has 1 aromatic carbocycles. The van der Waals surface area contributed by atoms with Crippen molar-refractivity contribution in [3.63, 3.8) is 0 Å². The van der Waals surface area contributed by atoms with Crippen LogP contribution < -0.4 is 10.2 Å². The summed E-state index contributed by atoms with van der Waals surface area (Å²) in [5.74, 6) is 0.849. The minimum absolute atomic E-state index is 0.0285. The number of ether oxygens (including phenoxy) is 1. The standard InChI is InChI=1S/C21H29N5OS/c1-16(27-4)20-24-18(15-28-20)14-25(3)21(22-2)23-13-17-7-9-19(10-8-17)26-11-5-6-12-26/h5-10,15-16H,11-14H2,1-4H3,(H,22,23). The van der Waals surface area contributed by atoms with E-state index in [2.05, 4.69) is 66.9 Å². The van der Waals surface area contributed by atoms with E-state index in [1.54, 1.807) is 18.4 Å². The van der Waals surface area contributed by atoms with Crippen molar-refractivity contribution >= 4 is 23.0 Å². The molecule has 1 aliphatic heterocycles. The van der Waals surface area contributed by atoms with Gasteiger partial charge in [-0.3, -0.25) is 4.99 Å². The number of methoxy groups -OCH3 is 1. The van der Waals surface area contributed by atoms with E-state index in [9.17, 15) is 0 Å². The average Bonchev–Trinajstić information content (AvgIpc) is 3.40. The topological polar surface area (TPSA) is 53.0 Å². The van der Waals surface area contributed by atoms with Crippen molar-refractivity contribution in [2.24, 2.45) is 4.99 Å². The van der Waals surface area contributed by atoms with Gasteiger partial charge >= 0.3 is 0 Å². The second-order valence-electron chi connectivity index (χ2n) is 6.85. The quantitative estimate of drug-likeness (QED) is 0.439. The summed E-state index contributed by atoms with van der Waals surface area (Å²) in [6.45, 7) is 5.44. The van der Waals surface area contributed by atoms with Crippen molar-refractivity contribution in [3.05, 3.63) is 58.1 Å². The van der Waals surface area contributed by atoms with Gasteiger partial charge in [-0.25, -0.2) is 4.98 Å². The normalized spacial score (nSPS) is 15.1. The van der Waals surface area contributed by atoms with Crippen LogP contribution in [-0.2, 0) is 17.8 Å². The van der Waals surface area contributed by atoms with Crippen molar-refractivity contribution in [2.45, 2.75) is 26.1 Å². The van der Waals surface area contributed by atoms with Gasteiger partial charge in [0.15, 0.2) is 5.96 Å². The Bertz CT molecular complexity index is 806. The summed E-state index contributed by atoms with van der Waals surface area (Å²) < 4.78 is 5.34. The molecule has 0 aliphatic carbocycles. The van der Waals surface area contributed by atoms with E-state index in [0.717, 1.165) is 36.3 Å². The molecule has 0 bridgehead atoms. The fraction of sp³-hybridized carbons (Fsp3) is 0.429. The smallest absolute Gasteiger partial charge is 0.194 e. The lowest BCUT2D eigenvalue weighted by Crippen LogP contribution is -2.38. The number of nitrogens with one attached hydrogen (secondary N) is 1. The molecule has 1 aromatic heterocycles. The van der Waals surface area contributed by atoms with Crippen LogP contribution in [0.2, 0.25) is 0 Å². The molecule has 2 heterocycles. The number of aliphatic imine (C=N–C) groups is 1. The van der Waals surface area contributed by atoms with Gasteiger partial charge < -0.3 is 19.9 Å². The molecule has 0 saturated heterocycles. The number of rotatable bonds is 7. The molecule has 6 nitrogen and oxygen atoms in total. The Morgan fingerprint density at radius 3 is 2.68 bits per heavy atom. The first-order chi connectivity index (χ1) is 13.6. The highest BCUT2D eigenvalue weighted by molar-refractivity contribution is 7.09. The van der Waals surface area contributed by atoms with Crippen molar-refractivity contribution in [2.75, 3.05) is 39.2 Å². The van der Waals surface area contributed by atoms with Crippen LogP contribution in [0.4, 0.5) is 5.69 Å². The Morgan fingerprint density at radius 2 is 2.04 bits per heavy atom. The summed E-state index contributed by atoms with van der Waals surface area (Å²) in [4.78, 5) is 13.5. The van der Waals surface area contributed by atoms with Crippen molar-refractivity contribution in [1.82, 2.24) is 15.2 Å². The van der Waals surface area contributed by atoms with Crippen LogP contribution >= 0.6 is 11.3 Å². The van der Waals surface area contributed by atoms with Gasteiger partial charge in [0, 0.05) is 51.9 Å². The van der Waals surface area contributed by atoms with Gasteiger partial charge in [0.05, 0.1) is 12.2 Å². The van der Waals surface area contributed by atoms with Gasteiger partial charge in [-0.2, -0.15) is 0 Å². The average molecular weight is 400 g/mol. The highest BCUT2D eigenvalue weighted by Gasteiger charge is 2.13. The lowest BCUT2D eigenvalue weighted by atomic mass is 10.2. The first kappa shape index (κ1) is 20.4. The first-order valence-corrected chi connectivity index (χ1v) is 10.4. The molecular formula is C21H29N5OS. The van der Waals surface area contributed by atoms with Crippen LogP contribution in [-0.4, -0.2) is 50.1 Å². The fourth-order valence-corrected chi connectivity index (χ4v) is 3.92. The van der Waals surface area contributed by atoms with Crippen LogP contribution in [0, 0.1) is 0 Å². The molecule has 0 amide bonds. The van der Waals surface area contributed by atoms with Gasteiger partial charge in [-0.05, 0) is 24.6 Å². The van der Waals surface area contributed by atoms with E-state index < -0.39 is 0 Å². The molecule has 7 heteroatoms. The summed E-state index contributed by atoms with van der Waals surface area (Å²) >= 11 is 1.63. The maximum Gasteiger partial charge on any atom is 0.194 e. The predicted octanol–water partition coefficient (Wildman–Crippen LogP) is 3.43. The van der Waals surface area contributed by atoms with Gasteiger partial charge in [-0.1, -0.05) is 24.3 Å². The van der Waals surface area contributed by atoms with Crippen molar-refractivity contribution in [1.29, 1.82) is 0 Å². The molecule has 2 aromatic rings. The maximum atomic E-state index is 5.34. The minimum atomic E-state index is 0.0285. The summed E-state index contributed by atoms with van der Waals surface area (Å²) in [6.07, 6.45) is 4.44. The molecule has 150 valence electrons. The van der Waals surface area contributed by atoms with Crippen molar-refractivity contribution in [3.8, 4) is 0 Å². The molecule has 28 heavy (non-hydrogen) atoms. The number of benzene rings is 1. The lowest BCUT2D eigenvalue weighted by molar-refractivity contribution is 0.119. The van der Waals surface area contributed by atoms with E-state index in [4.69, 9.17) is 4.74 Å². The van der Waals surface area contributed by atoms with E-state index in [0.29, 0.717) is 6.54 Å². The number of guanidine groups is 1. The Morgan fingerprint density at radius 1 is 1.32 bits per heavy atom. The van der Waals surface area contributed by atoms with Crippen LogP contribution in [0.5, 0.6) is 0 Å². The predicted molar refractivity (Wildman–Crippen MR) is 117 cm³/mol.